The van der Waals surface area contributed by atoms with Gasteiger partial charge in [-0.1, -0.05) is 19.1 Å². The first-order chi connectivity index (χ1) is 12.6. The molecule has 6 heteroatoms. The van der Waals surface area contributed by atoms with Crippen LogP contribution in [-0.4, -0.2) is 32.1 Å². The van der Waals surface area contributed by atoms with E-state index in [1.165, 1.54) is 24.7 Å². The molecule has 0 unspecified atom stereocenters. The minimum absolute atomic E-state index is 0.114. The van der Waals surface area contributed by atoms with Gasteiger partial charge >= 0.3 is 0 Å². The molecule has 0 aliphatic carbocycles. The van der Waals surface area contributed by atoms with Gasteiger partial charge in [-0.15, -0.1) is 0 Å². The number of carbonyl (C=O) groups is 2. The number of carbonyl (C=O) groups excluding carboxylic acids is 2. The van der Waals surface area contributed by atoms with Crippen molar-refractivity contribution in [3.05, 3.63) is 48.0 Å². The van der Waals surface area contributed by atoms with E-state index in [2.05, 4.69) is 12.2 Å². The highest BCUT2D eigenvalue weighted by Crippen LogP contribution is 2.34. The molecule has 1 aliphatic rings. The van der Waals surface area contributed by atoms with Crippen LogP contribution in [-0.2, 0) is 16.0 Å². The number of nitrogens with zero attached hydrogens (tertiary/aromatic N) is 1. The van der Waals surface area contributed by atoms with E-state index in [0.717, 1.165) is 12.1 Å². The lowest BCUT2D eigenvalue weighted by atomic mass is 10.1. The van der Waals surface area contributed by atoms with Gasteiger partial charge < -0.3 is 14.8 Å². The Morgan fingerprint density at radius 2 is 1.73 bits per heavy atom. The average molecular weight is 354 g/mol. The number of hydrogen-bond donors (Lipinski definition) is 1. The average Bonchev–Trinajstić information content (AvgIpc) is 2.95. The Bertz CT molecular complexity index is 817. The fourth-order valence-electron chi connectivity index (χ4n) is 3.02. The third-order valence-electron chi connectivity index (χ3n) is 4.48. The lowest BCUT2D eigenvalue weighted by Gasteiger charge is -2.18. The van der Waals surface area contributed by atoms with Crippen LogP contribution in [0.4, 0.5) is 11.4 Å². The number of rotatable bonds is 6. The largest absolute Gasteiger partial charge is 0.493 e. The van der Waals surface area contributed by atoms with Gasteiger partial charge in [-0.25, -0.2) is 4.90 Å². The molecule has 1 aliphatic heterocycles. The fourth-order valence-corrected chi connectivity index (χ4v) is 3.02. The summed E-state index contributed by atoms with van der Waals surface area (Å²) in [7, 11) is 3.05. The second-order valence-electron chi connectivity index (χ2n) is 6.06. The summed E-state index contributed by atoms with van der Waals surface area (Å²) in [6.07, 6.45) is 1.07. The highest BCUT2D eigenvalue weighted by molar-refractivity contribution is 6.23. The Kier molecular flexibility index (Phi) is 5.11. The first kappa shape index (κ1) is 17.8. The topological polar surface area (TPSA) is 67.9 Å². The lowest BCUT2D eigenvalue weighted by Crippen LogP contribution is -2.34. The number of methoxy groups -OCH3 is 2. The molecule has 0 spiro atoms. The van der Waals surface area contributed by atoms with Gasteiger partial charge in [0.2, 0.25) is 5.91 Å². The van der Waals surface area contributed by atoms with E-state index in [1.54, 1.807) is 18.2 Å². The molecule has 0 radical (unpaired) electrons. The zero-order valence-electron chi connectivity index (χ0n) is 15.1. The molecule has 2 aromatic rings. The first-order valence-electron chi connectivity index (χ1n) is 8.51. The van der Waals surface area contributed by atoms with Crippen LogP contribution in [0.2, 0.25) is 0 Å². The Labute approximate surface area is 152 Å². The minimum Gasteiger partial charge on any atom is -0.493 e. The first-order valence-corrected chi connectivity index (χ1v) is 8.51. The van der Waals surface area contributed by atoms with Crippen molar-refractivity contribution >= 4 is 23.2 Å². The van der Waals surface area contributed by atoms with Crippen molar-refractivity contribution in [2.45, 2.75) is 25.8 Å². The summed E-state index contributed by atoms with van der Waals surface area (Å²) in [5.41, 5.74) is 2.52. The Hall–Kier alpha value is -3.02. The highest BCUT2D eigenvalue weighted by Gasteiger charge is 2.39. The number of amides is 2. The molecule has 0 aromatic heterocycles. The highest BCUT2D eigenvalue weighted by atomic mass is 16.5. The Morgan fingerprint density at radius 1 is 1.04 bits per heavy atom. The van der Waals surface area contributed by atoms with Gasteiger partial charge in [-0.2, -0.15) is 0 Å². The zero-order chi connectivity index (χ0) is 18.7. The maximum atomic E-state index is 12.8. The number of imide groups is 1. The van der Waals surface area contributed by atoms with Crippen LogP contribution in [0.15, 0.2) is 42.5 Å². The summed E-state index contributed by atoms with van der Waals surface area (Å²) >= 11 is 0. The quantitative estimate of drug-likeness (QED) is 0.808. The predicted octanol–water partition coefficient (Wildman–Crippen LogP) is 3.01. The van der Waals surface area contributed by atoms with E-state index in [-0.39, 0.29) is 18.2 Å². The Balaban J connectivity index is 1.80. The van der Waals surface area contributed by atoms with E-state index in [0.29, 0.717) is 17.2 Å². The summed E-state index contributed by atoms with van der Waals surface area (Å²) in [5.74, 6) is 0.491. The Morgan fingerprint density at radius 3 is 2.35 bits per heavy atom. The number of anilines is 2. The van der Waals surface area contributed by atoms with Crippen LogP contribution in [0.5, 0.6) is 11.5 Å². The maximum absolute atomic E-state index is 12.8. The van der Waals surface area contributed by atoms with Gasteiger partial charge in [0.05, 0.1) is 26.3 Å². The molecule has 1 fully saturated rings. The van der Waals surface area contributed by atoms with Crippen LogP contribution >= 0.6 is 0 Å². The van der Waals surface area contributed by atoms with Crippen LogP contribution in [0, 0.1) is 0 Å². The molecule has 2 amide bonds. The molecule has 6 nitrogen and oxygen atoms in total. The molecule has 26 heavy (non-hydrogen) atoms. The van der Waals surface area contributed by atoms with Crippen molar-refractivity contribution in [2.24, 2.45) is 0 Å². The smallest absolute Gasteiger partial charge is 0.256 e. The normalized spacial score (nSPS) is 16.7. The zero-order valence-corrected chi connectivity index (χ0v) is 15.1. The molecule has 1 saturated heterocycles. The van der Waals surface area contributed by atoms with Crippen molar-refractivity contribution in [2.75, 3.05) is 24.4 Å². The SMILES string of the molecule is CCc1ccc(N[C@@H]2CC(=O)N(c3ccc(OC)c(OC)c3)C2=O)cc1. The summed E-state index contributed by atoms with van der Waals surface area (Å²) in [6, 6.07) is 12.3. The van der Waals surface area contributed by atoms with E-state index >= 15 is 0 Å². The summed E-state index contributed by atoms with van der Waals surface area (Å²) in [4.78, 5) is 26.4. The van der Waals surface area contributed by atoms with Crippen molar-refractivity contribution in [1.82, 2.24) is 0 Å². The van der Waals surface area contributed by atoms with E-state index in [9.17, 15) is 9.59 Å². The van der Waals surface area contributed by atoms with Gasteiger partial charge in [0, 0.05) is 11.8 Å². The standard InChI is InChI=1S/C20H22N2O4/c1-4-13-5-7-14(8-6-13)21-16-12-19(23)22(20(16)24)15-9-10-17(25-2)18(11-15)26-3/h5-11,16,21H,4,12H2,1-3H3/t16-/m1/s1. The van der Waals surface area contributed by atoms with Crippen molar-refractivity contribution in [3.8, 4) is 11.5 Å². The number of benzene rings is 2. The number of aryl methyl sites for hydroxylation is 1. The molecule has 0 bridgehead atoms. The van der Waals surface area contributed by atoms with E-state index in [4.69, 9.17) is 9.47 Å². The van der Waals surface area contributed by atoms with Crippen molar-refractivity contribution in [1.29, 1.82) is 0 Å². The van der Waals surface area contributed by atoms with E-state index < -0.39 is 6.04 Å². The molecule has 1 atom stereocenters. The third-order valence-corrected chi connectivity index (χ3v) is 4.48. The summed E-state index contributed by atoms with van der Waals surface area (Å²) < 4.78 is 10.5. The fraction of sp³-hybridized carbons (Fsp3) is 0.300. The van der Waals surface area contributed by atoms with Gasteiger partial charge in [0.15, 0.2) is 11.5 Å². The second kappa shape index (κ2) is 7.47. The molecule has 1 N–H and O–H groups in total. The molecule has 2 aromatic carbocycles. The van der Waals surface area contributed by atoms with Gasteiger partial charge in [0.1, 0.15) is 6.04 Å². The molecule has 136 valence electrons. The second-order valence-corrected chi connectivity index (χ2v) is 6.06. The molecular weight excluding hydrogens is 332 g/mol. The molecule has 1 heterocycles. The molecular formula is C20H22N2O4. The number of ether oxygens (including phenoxy) is 2. The van der Waals surface area contributed by atoms with Crippen LogP contribution in [0.1, 0.15) is 18.9 Å². The van der Waals surface area contributed by atoms with Crippen molar-refractivity contribution < 1.29 is 19.1 Å². The van der Waals surface area contributed by atoms with Gasteiger partial charge in [-0.3, -0.25) is 9.59 Å². The summed E-state index contributed by atoms with van der Waals surface area (Å²) in [5, 5.41) is 3.16. The van der Waals surface area contributed by atoms with Crippen molar-refractivity contribution in [3.63, 3.8) is 0 Å². The van der Waals surface area contributed by atoms with Crippen LogP contribution in [0.3, 0.4) is 0 Å². The molecule has 0 saturated carbocycles. The molecule has 3 rings (SSSR count). The van der Waals surface area contributed by atoms with E-state index in [1.807, 2.05) is 24.3 Å². The van der Waals surface area contributed by atoms with Crippen LogP contribution < -0.4 is 19.7 Å². The predicted molar refractivity (Wildman–Crippen MR) is 99.9 cm³/mol. The third kappa shape index (κ3) is 3.35. The van der Waals surface area contributed by atoms with Gasteiger partial charge in [0.25, 0.3) is 5.91 Å². The maximum Gasteiger partial charge on any atom is 0.256 e. The van der Waals surface area contributed by atoms with Crippen LogP contribution in [0.25, 0.3) is 0 Å². The number of hydrogen-bond acceptors (Lipinski definition) is 5. The minimum atomic E-state index is -0.580. The monoisotopic (exact) mass is 354 g/mol. The summed E-state index contributed by atoms with van der Waals surface area (Å²) in [6.45, 7) is 2.09. The lowest BCUT2D eigenvalue weighted by molar-refractivity contribution is -0.121. The number of nitrogens with one attached hydrogen (secondary N) is 1. The van der Waals surface area contributed by atoms with Gasteiger partial charge in [-0.05, 0) is 36.2 Å².